The van der Waals surface area contributed by atoms with Gasteiger partial charge in [-0.15, -0.1) is 11.3 Å². The van der Waals surface area contributed by atoms with Gasteiger partial charge < -0.3 is 14.0 Å². The summed E-state index contributed by atoms with van der Waals surface area (Å²) in [5.41, 5.74) is 5.77. The molecule has 0 unspecified atom stereocenters. The predicted octanol–water partition coefficient (Wildman–Crippen LogP) is 6.47. The topological polar surface area (TPSA) is 66.2 Å². The lowest BCUT2D eigenvalue weighted by Crippen LogP contribution is -2.06. The molecule has 0 saturated heterocycles. The van der Waals surface area contributed by atoms with Crippen LogP contribution in [0, 0.1) is 13.8 Å². The number of aryl methyl sites for hydroxylation is 1. The lowest BCUT2D eigenvalue weighted by atomic mass is 10.1. The van der Waals surface area contributed by atoms with E-state index < -0.39 is 0 Å². The number of benzene rings is 2. The van der Waals surface area contributed by atoms with Crippen molar-refractivity contribution < 1.29 is 14.3 Å². The molecule has 1 aliphatic heterocycles. The normalized spacial score (nSPS) is 12.4. The van der Waals surface area contributed by atoms with Gasteiger partial charge in [0.15, 0.2) is 17.3 Å². The van der Waals surface area contributed by atoms with E-state index in [0.717, 1.165) is 54.9 Å². The Morgan fingerprint density at radius 2 is 1.89 bits per heavy atom. The Morgan fingerprint density at radius 1 is 1.06 bits per heavy atom. The van der Waals surface area contributed by atoms with Crippen LogP contribution in [0.3, 0.4) is 0 Å². The summed E-state index contributed by atoms with van der Waals surface area (Å²) in [5.74, 6) is 1.82. The first-order chi connectivity index (χ1) is 17.1. The van der Waals surface area contributed by atoms with Crippen molar-refractivity contribution in [2.75, 3.05) is 12.5 Å². The van der Waals surface area contributed by atoms with Crippen molar-refractivity contribution >= 4 is 39.1 Å². The fourth-order valence-electron chi connectivity index (χ4n) is 4.47. The van der Waals surface area contributed by atoms with Crippen LogP contribution in [0.2, 0.25) is 0 Å². The number of carbonyl (C=O) groups excluding carboxylic acids is 1. The number of carbonyl (C=O) groups is 1. The molecule has 1 aliphatic rings. The number of ether oxygens (including phenoxy) is 2. The number of fused-ring (bicyclic) bond motifs is 2. The number of Topliss-reactive ketones (excluding diaryl/α,β-unsaturated/α-hetero) is 1. The van der Waals surface area contributed by atoms with Gasteiger partial charge in [-0.05, 0) is 37.6 Å². The molecule has 0 atom stereocenters. The standard InChI is InChI=1S/C27H21N3O3S2/c1-16-10-20(17(2)30(16)19-8-9-23-24(11-19)33-15-32-23)22(31)13-35-27-25-21(18-6-4-3-5-7-18)12-34-26(25)28-14-29-27/h3-12,14H,13,15H2,1-2H3. The number of rotatable bonds is 6. The molecule has 174 valence electrons. The van der Waals surface area contributed by atoms with Crippen molar-refractivity contribution in [2.24, 2.45) is 0 Å². The van der Waals surface area contributed by atoms with Crippen molar-refractivity contribution in [3.63, 3.8) is 0 Å². The van der Waals surface area contributed by atoms with Crippen molar-refractivity contribution in [1.29, 1.82) is 0 Å². The van der Waals surface area contributed by atoms with E-state index in [2.05, 4.69) is 32.0 Å². The molecular weight excluding hydrogens is 478 g/mol. The van der Waals surface area contributed by atoms with Gasteiger partial charge in [0.2, 0.25) is 6.79 Å². The van der Waals surface area contributed by atoms with Gasteiger partial charge in [-0.3, -0.25) is 4.79 Å². The highest BCUT2D eigenvalue weighted by atomic mass is 32.2. The van der Waals surface area contributed by atoms with Gasteiger partial charge in [0.25, 0.3) is 0 Å². The summed E-state index contributed by atoms with van der Waals surface area (Å²) in [4.78, 5) is 23.2. The highest BCUT2D eigenvalue weighted by molar-refractivity contribution is 8.00. The van der Waals surface area contributed by atoms with Gasteiger partial charge >= 0.3 is 0 Å². The van der Waals surface area contributed by atoms with Crippen LogP contribution >= 0.6 is 23.1 Å². The molecule has 0 N–H and O–H groups in total. The number of hydrogen-bond acceptors (Lipinski definition) is 7. The van der Waals surface area contributed by atoms with Crippen LogP contribution in [0.4, 0.5) is 0 Å². The smallest absolute Gasteiger partial charge is 0.231 e. The third kappa shape index (κ3) is 3.88. The number of ketones is 1. The maximum absolute atomic E-state index is 13.3. The van der Waals surface area contributed by atoms with E-state index in [4.69, 9.17) is 9.47 Å². The van der Waals surface area contributed by atoms with E-state index in [9.17, 15) is 4.79 Å². The van der Waals surface area contributed by atoms with Gasteiger partial charge in [0.05, 0.1) is 11.1 Å². The number of nitrogens with zero attached hydrogens (tertiary/aromatic N) is 3. The number of thiophene rings is 1. The van der Waals surface area contributed by atoms with Crippen molar-refractivity contribution in [3.8, 4) is 28.3 Å². The Kier molecular flexibility index (Phi) is 5.54. The summed E-state index contributed by atoms with van der Waals surface area (Å²) >= 11 is 3.06. The molecule has 0 fully saturated rings. The number of aromatic nitrogens is 3. The molecule has 35 heavy (non-hydrogen) atoms. The monoisotopic (exact) mass is 499 g/mol. The summed E-state index contributed by atoms with van der Waals surface area (Å²) in [6.07, 6.45) is 1.58. The Morgan fingerprint density at radius 3 is 2.74 bits per heavy atom. The fraction of sp³-hybridized carbons (Fsp3) is 0.148. The SMILES string of the molecule is Cc1cc(C(=O)CSc2ncnc3scc(-c4ccccc4)c23)c(C)n1-c1ccc2c(c1)OCO2. The first-order valence-corrected chi connectivity index (χ1v) is 13.0. The van der Waals surface area contributed by atoms with Crippen LogP contribution in [0.15, 0.2) is 71.3 Å². The van der Waals surface area contributed by atoms with Crippen LogP contribution in [0.25, 0.3) is 27.0 Å². The van der Waals surface area contributed by atoms with E-state index >= 15 is 0 Å². The summed E-state index contributed by atoms with van der Waals surface area (Å²) in [5, 5.41) is 3.94. The second-order valence-electron chi connectivity index (χ2n) is 8.24. The third-order valence-electron chi connectivity index (χ3n) is 6.11. The average Bonchev–Trinajstić information content (AvgIpc) is 3.60. The maximum atomic E-state index is 13.3. The van der Waals surface area contributed by atoms with Crippen LogP contribution in [0.5, 0.6) is 11.5 Å². The van der Waals surface area contributed by atoms with Crippen molar-refractivity contribution in [1.82, 2.24) is 14.5 Å². The molecule has 3 aromatic heterocycles. The van der Waals surface area contributed by atoms with Gasteiger partial charge in [0.1, 0.15) is 16.2 Å². The molecule has 2 aromatic carbocycles. The first-order valence-electron chi connectivity index (χ1n) is 11.1. The minimum atomic E-state index is 0.0679. The molecular formula is C27H21N3O3S2. The van der Waals surface area contributed by atoms with E-state index in [1.54, 1.807) is 17.7 Å². The molecule has 6 nitrogen and oxygen atoms in total. The third-order valence-corrected chi connectivity index (χ3v) is 7.98. The molecule has 4 heterocycles. The average molecular weight is 500 g/mol. The fourth-order valence-corrected chi connectivity index (χ4v) is 6.34. The van der Waals surface area contributed by atoms with Crippen LogP contribution < -0.4 is 9.47 Å². The number of thioether (sulfide) groups is 1. The zero-order valence-electron chi connectivity index (χ0n) is 19.1. The van der Waals surface area contributed by atoms with Gasteiger partial charge in [-0.2, -0.15) is 0 Å². The summed E-state index contributed by atoms with van der Waals surface area (Å²) in [6, 6.07) is 18.0. The van der Waals surface area contributed by atoms with Gasteiger partial charge in [0, 0.05) is 39.6 Å². The van der Waals surface area contributed by atoms with E-state index in [0.29, 0.717) is 11.3 Å². The quantitative estimate of drug-likeness (QED) is 0.152. The maximum Gasteiger partial charge on any atom is 0.231 e. The molecule has 0 amide bonds. The highest BCUT2D eigenvalue weighted by Gasteiger charge is 2.21. The molecule has 0 saturated carbocycles. The Hall–Kier alpha value is -3.62. The Bertz CT molecular complexity index is 1570. The summed E-state index contributed by atoms with van der Waals surface area (Å²) < 4.78 is 13.0. The molecule has 6 rings (SSSR count). The minimum absolute atomic E-state index is 0.0679. The second-order valence-corrected chi connectivity index (χ2v) is 10.1. The number of hydrogen-bond donors (Lipinski definition) is 0. The zero-order chi connectivity index (χ0) is 23.9. The Labute approximate surface area is 210 Å². The highest BCUT2D eigenvalue weighted by Crippen LogP contribution is 2.38. The second kappa shape index (κ2) is 8.87. The molecule has 0 spiro atoms. The minimum Gasteiger partial charge on any atom is -0.454 e. The lowest BCUT2D eigenvalue weighted by Gasteiger charge is -2.11. The lowest BCUT2D eigenvalue weighted by molar-refractivity contribution is 0.102. The van der Waals surface area contributed by atoms with Crippen LogP contribution in [0.1, 0.15) is 21.7 Å². The Balaban J connectivity index is 1.28. The van der Waals surface area contributed by atoms with E-state index in [1.165, 1.54) is 11.8 Å². The summed E-state index contributed by atoms with van der Waals surface area (Å²) in [7, 11) is 0. The van der Waals surface area contributed by atoms with Crippen molar-refractivity contribution in [2.45, 2.75) is 18.9 Å². The largest absolute Gasteiger partial charge is 0.454 e. The molecule has 0 aliphatic carbocycles. The van der Waals surface area contributed by atoms with Gasteiger partial charge in [-0.1, -0.05) is 42.1 Å². The van der Waals surface area contributed by atoms with E-state index in [1.807, 2.05) is 56.3 Å². The summed E-state index contributed by atoms with van der Waals surface area (Å²) in [6.45, 7) is 4.22. The van der Waals surface area contributed by atoms with E-state index in [-0.39, 0.29) is 12.6 Å². The van der Waals surface area contributed by atoms with Crippen LogP contribution in [-0.4, -0.2) is 32.9 Å². The van der Waals surface area contributed by atoms with Crippen LogP contribution in [-0.2, 0) is 0 Å². The molecule has 8 heteroatoms. The molecule has 0 bridgehead atoms. The zero-order valence-corrected chi connectivity index (χ0v) is 20.8. The predicted molar refractivity (Wildman–Crippen MR) is 139 cm³/mol. The first kappa shape index (κ1) is 21.9. The molecule has 5 aromatic rings. The van der Waals surface area contributed by atoms with Crippen molar-refractivity contribution in [3.05, 3.63) is 83.3 Å². The molecule has 0 radical (unpaired) electrons. The van der Waals surface area contributed by atoms with Gasteiger partial charge in [-0.25, -0.2) is 9.97 Å².